The molecule has 0 aliphatic heterocycles. The number of aromatic hydroxyl groups is 1. The zero-order valence-corrected chi connectivity index (χ0v) is 10.5. The Morgan fingerprint density at radius 1 is 1.20 bits per heavy atom. The minimum atomic E-state index is -0.479. The van der Waals surface area contributed by atoms with E-state index < -0.39 is 4.92 Å². The number of hydrogen-bond donors (Lipinski definition) is 2. The van der Waals surface area contributed by atoms with Crippen LogP contribution in [-0.4, -0.2) is 20.8 Å². The largest absolute Gasteiger partial charge is 0.505 e. The first-order valence-electron chi connectivity index (χ1n) is 6.29. The van der Waals surface area contributed by atoms with Gasteiger partial charge in [0.25, 0.3) is 5.69 Å². The molecule has 1 aliphatic rings. The first-order valence-corrected chi connectivity index (χ1v) is 6.29. The van der Waals surface area contributed by atoms with Crippen LogP contribution < -0.4 is 0 Å². The summed E-state index contributed by atoms with van der Waals surface area (Å²) in [6.07, 6.45) is 1.94. The van der Waals surface area contributed by atoms with Gasteiger partial charge in [0, 0.05) is 29.8 Å². The molecule has 20 heavy (non-hydrogen) atoms. The van der Waals surface area contributed by atoms with E-state index in [1.807, 2.05) is 0 Å². The molecule has 0 saturated heterocycles. The molecule has 1 aromatic heterocycles. The molecule has 0 atom stereocenters. The fraction of sp³-hybridized carbons (Fsp3) is 0.214. The number of aryl methyl sites for hydroxylation is 1. The SMILES string of the molecule is O=C1CCCc2[nH]c(-c3ccc([N+](=O)[O-])cc3)c(O)c21. The first kappa shape index (κ1) is 12.4. The summed E-state index contributed by atoms with van der Waals surface area (Å²) < 4.78 is 0. The van der Waals surface area contributed by atoms with Gasteiger partial charge in [-0.1, -0.05) is 0 Å². The van der Waals surface area contributed by atoms with Crippen molar-refractivity contribution in [2.75, 3.05) is 0 Å². The van der Waals surface area contributed by atoms with Crippen LogP contribution >= 0.6 is 0 Å². The van der Waals surface area contributed by atoms with E-state index in [1.54, 1.807) is 12.1 Å². The fourth-order valence-corrected chi connectivity index (χ4v) is 2.54. The summed E-state index contributed by atoms with van der Waals surface area (Å²) in [5.74, 6) is -0.119. The lowest BCUT2D eigenvalue weighted by atomic mass is 9.96. The van der Waals surface area contributed by atoms with E-state index in [0.717, 1.165) is 18.5 Å². The Morgan fingerprint density at radius 2 is 1.90 bits per heavy atom. The molecule has 3 rings (SSSR count). The number of non-ortho nitro benzene ring substituents is 1. The predicted octanol–water partition coefficient (Wildman–Crippen LogP) is 2.81. The number of Topliss-reactive ketones (excluding diaryl/α,β-unsaturated/α-hetero) is 1. The summed E-state index contributed by atoms with van der Waals surface area (Å²) in [5, 5.41) is 20.8. The van der Waals surface area contributed by atoms with Crippen molar-refractivity contribution in [1.29, 1.82) is 0 Å². The van der Waals surface area contributed by atoms with E-state index in [0.29, 0.717) is 23.2 Å². The molecule has 0 unspecified atom stereocenters. The maximum atomic E-state index is 11.8. The molecule has 2 N–H and O–H groups in total. The second kappa shape index (κ2) is 4.48. The number of nitro groups is 1. The van der Waals surface area contributed by atoms with Crippen molar-refractivity contribution >= 4 is 11.5 Å². The average Bonchev–Trinajstić information content (AvgIpc) is 2.77. The van der Waals surface area contributed by atoms with Crippen LogP contribution in [0, 0.1) is 10.1 Å². The third-order valence-electron chi connectivity index (χ3n) is 3.53. The quantitative estimate of drug-likeness (QED) is 0.649. The highest BCUT2D eigenvalue weighted by Crippen LogP contribution is 2.38. The molecular formula is C14H12N2O4. The zero-order valence-electron chi connectivity index (χ0n) is 10.5. The van der Waals surface area contributed by atoms with Crippen molar-refractivity contribution in [3.8, 4) is 17.0 Å². The highest BCUT2D eigenvalue weighted by Gasteiger charge is 2.26. The summed E-state index contributed by atoms with van der Waals surface area (Å²) in [6, 6.07) is 5.85. The summed E-state index contributed by atoms with van der Waals surface area (Å²) in [6.45, 7) is 0. The van der Waals surface area contributed by atoms with Crippen LogP contribution in [0.15, 0.2) is 24.3 Å². The Morgan fingerprint density at radius 3 is 2.50 bits per heavy atom. The van der Waals surface area contributed by atoms with E-state index in [1.165, 1.54) is 12.1 Å². The number of carbonyl (C=O) groups is 1. The Kier molecular flexibility index (Phi) is 2.78. The topological polar surface area (TPSA) is 96.2 Å². The van der Waals surface area contributed by atoms with Crippen LogP contribution in [0.5, 0.6) is 5.75 Å². The summed E-state index contributed by atoms with van der Waals surface area (Å²) in [7, 11) is 0. The number of nitrogens with zero attached hydrogens (tertiary/aromatic N) is 1. The molecule has 102 valence electrons. The van der Waals surface area contributed by atoms with Crippen molar-refractivity contribution in [3.05, 3.63) is 45.6 Å². The van der Waals surface area contributed by atoms with Gasteiger partial charge in [0.05, 0.1) is 16.2 Å². The number of H-pyrrole nitrogens is 1. The standard InChI is InChI=1S/C14H12N2O4/c17-11-3-1-2-10-12(11)14(18)13(15-10)8-4-6-9(7-5-8)16(19)20/h4-7,15,18H,1-3H2. The number of aromatic amines is 1. The third kappa shape index (κ3) is 1.85. The highest BCUT2D eigenvalue weighted by molar-refractivity contribution is 6.02. The van der Waals surface area contributed by atoms with Gasteiger partial charge in [0.2, 0.25) is 0 Å². The second-order valence-electron chi connectivity index (χ2n) is 4.78. The van der Waals surface area contributed by atoms with Gasteiger partial charge < -0.3 is 10.1 Å². The monoisotopic (exact) mass is 272 g/mol. The molecule has 0 bridgehead atoms. The number of nitro benzene ring substituents is 1. The van der Waals surface area contributed by atoms with Crippen molar-refractivity contribution in [1.82, 2.24) is 4.98 Å². The maximum absolute atomic E-state index is 11.8. The molecule has 0 fully saturated rings. The van der Waals surface area contributed by atoms with E-state index in [2.05, 4.69) is 4.98 Å². The molecule has 1 heterocycles. The van der Waals surface area contributed by atoms with Crippen LogP contribution in [-0.2, 0) is 6.42 Å². The number of carbonyl (C=O) groups excluding carboxylic acids is 1. The van der Waals surface area contributed by atoms with Gasteiger partial charge in [-0.05, 0) is 25.0 Å². The Hall–Kier alpha value is -2.63. The van der Waals surface area contributed by atoms with Crippen LogP contribution in [0.25, 0.3) is 11.3 Å². The normalized spacial score (nSPS) is 14.1. The molecule has 6 heteroatoms. The summed E-state index contributed by atoms with van der Waals surface area (Å²) in [5.41, 5.74) is 2.16. The van der Waals surface area contributed by atoms with Gasteiger partial charge >= 0.3 is 0 Å². The maximum Gasteiger partial charge on any atom is 0.269 e. The van der Waals surface area contributed by atoms with Crippen molar-refractivity contribution in [2.45, 2.75) is 19.3 Å². The van der Waals surface area contributed by atoms with Crippen molar-refractivity contribution < 1.29 is 14.8 Å². The highest BCUT2D eigenvalue weighted by atomic mass is 16.6. The molecule has 2 aromatic rings. The number of nitrogens with one attached hydrogen (secondary N) is 1. The lowest BCUT2D eigenvalue weighted by molar-refractivity contribution is -0.384. The number of rotatable bonds is 2. The Labute approximate surface area is 114 Å². The van der Waals surface area contributed by atoms with Crippen LogP contribution in [0.4, 0.5) is 5.69 Å². The fourth-order valence-electron chi connectivity index (χ4n) is 2.54. The van der Waals surface area contributed by atoms with Gasteiger partial charge in [-0.2, -0.15) is 0 Å². The minimum absolute atomic E-state index is 0.0133. The van der Waals surface area contributed by atoms with Crippen LogP contribution in [0.3, 0.4) is 0 Å². The first-order chi connectivity index (χ1) is 9.58. The Balaban J connectivity index is 2.07. The van der Waals surface area contributed by atoms with E-state index in [9.17, 15) is 20.0 Å². The molecule has 0 radical (unpaired) electrons. The van der Waals surface area contributed by atoms with Crippen LogP contribution in [0.2, 0.25) is 0 Å². The van der Waals surface area contributed by atoms with Gasteiger partial charge in [0.15, 0.2) is 11.5 Å². The molecule has 1 aliphatic carbocycles. The van der Waals surface area contributed by atoms with Crippen molar-refractivity contribution in [2.24, 2.45) is 0 Å². The second-order valence-corrected chi connectivity index (χ2v) is 4.78. The van der Waals surface area contributed by atoms with Gasteiger partial charge in [-0.3, -0.25) is 14.9 Å². The summed E-state index contributed by atoms with van der Waals surface area (Å²) in [4.78, 5) is 25.0. The number of aromatic nitrogens is 1. The van der Waals surface area contributed by atoms with Crippen molar-refractivity contribution in [3.63, 3.8) is 0 Å². The number of benzene rings is 1. The predicted molar refractivity (Wildman–Crippen MR) is 71.8 cm³/mol. The average molecular weight is 272 g/mol. The number of fused-ring (bicyclic) bond motifs is 1. The number of ketones is 1. The third-order valence-corrected chi connectivity index (χ3v) is 3.53. The van der Waals surface area contributed by atoms with E-state index in [-0.39, 0.29) is 17.2 Å². The number of hydrogen-bond acceptors (Lipinski definition) is 4. The lowest BCUT2D eigenvalue weighted by Crippen LogP contribution is -2.08. The molecule has 1 aromatic carbocycles. The zero-order chi connectivity index (χ0) is 14.3. The molecule has 6 nitrogen and oxygen atoms in total. The van der Waals surface area contributed by atoms with Gasteiger partial charge in [0.1, 0.15) is 0 Å². The summed E-state index contributed by atoms with van der Waals surface area (Å²) >= 11 is 0. The minimum Gasteiger partial charge on any atom is -0.505 e. The van der Waals surface area contributed by atoms with Gasteiger partial charge in [-0.25, -0.2) is 0 Å². The van der Waals surface area contributed by atoms with E-state index >= 15 is 0 Å². The molecule has 0 amide bonds. The van der Waals surface area contributed by atoms with Crippen LogP contribution in [0.1, 0.15) is 28.9 Å². The molecule has 0 saturated carbocycles. The molecule has 0 spiro atoms. The molecular weight excluding hydrogens is 260 g/mol. The lowest BCUT2D eigenvalue weighted by Gasteiger charge is -2.08. The van der Waals surface area contributed by atoms with Gasteiger partial charge in [-0.15, -0.1) is 0 Å². The smallest absolute Gasteiger partial charge is 0.269 e. The Bertz CT molecular complexity index is 701. The van der Waals surface area contributed by atoms with E-state index in [4.69, 9.17) is 0 Å².